The lowest BCUT2D eigenvalue weighted by atomic mass is 9.93. The minimum atomic E-state index is -0.518. The number of hydrogen-bond donors (Lipinski definition) is 1. The number of nitrogens with zero attached hydrogens (tertiary/aromatic N) is 2. The zero-order chi connectivity index (χ0) is 23.3. The molecule has 2 heterocycles. The molecule has 1 aliphatic rings. The zero-order valence-corrected chi connectivity index (χ0v) is 19.5. The number of nitrogens with one attached hydrogen (secondary N) is 1. The average molecular weight is 460 g/mol. The van der Waals surface area contributed by atoms with Crippen LogP contribution in [0, 0.1) is 5.92 Å². The lowest BCUT2D eigenvalue weighted by molar-refractivity contribution is -0.117. The Morgan fingerprint density at radius 2 is 1.81 bits per heavy atom. The van der Waals surface area contributed by atoms with Crippen LogP contribution in [0.15, 0.2) is 47.4 Å². The van der Waals surface area contributed by atoms with Gasteiger partial charge in [-0.1, -0.05) is 29.8 Å². The van der Waals surface area contributed by atoms with Crippen molar-refractivity contribution >= 4 is 29.3 Å². The SMILES string of the molecule is CC(C)(C)OC(=O)N1CCC(CC(=O)Nc2ccc(=O)n(Cc3ccccc3Cl)c2)CC1. The molecule has 0 atom stereocenters. The van der Waals surface area contributed by atoms with Crippen LogP contribution in [-0.2, 0) is 16.1 Å². The first-order valence-electron chi connectivity index (χ1n) is 10.8. The highest BCUT2D eigenvalue weighted by Crippen LogP contribution is 2.23. The molecule has 1 fully saturated rings. The fourth-order valence-electron chi connectivity index (χ4n) is 3.66. The summed E-state index contributed by atoms with van der Waals surface area (Å²) in [4.78, 5) is 38.7. The standard InChI is InChI=1S/C24H30ClN3O4/c1-24(2,3)32-23(31)27-12-10-17(11-13-27)14-21(29)26-19-8-9-22(30)28(16-19)15-18-6-4-5-7-20(18)25/h4-9,16-17H,10-15H2,1-3H3,(H,26,29). The summed E-state index contributed by atoms with van der Waals surface area (Å²) < 4.78 is 6.94. The number of rotatable bonds is 5. The first-order valence-corrected chi connectivity index (χ1v) is 11.2. The van der Waals surface area contributed by atoms with Gasteiger partial charge in [-0.05, 0) is 57.2 Å². The predicted octanol–water partition coefficient (Wildman–Crippen LogP) is 4.53. The molecule has 2 aromatic rings. The molecule has 32 heavy (non-hydrogen) atoms. The number of ether oxygens (including phenoxy) is 1. The molecule has 1 N–H and O–H groups in total. The van der Waals surface area contributed by atoms with Gasteiger partial charge in [-0.15, -0.1) is 0 Å². The molecule has 7 nitrogen and oxygen atoms in total. The summed E-state index contributed by atoms with van der Waals surface area (Å²) in [6, 6.07) is 10.4. The van der Waals surface area contributed by atoms with Crippen LogP contribution in [0.4, 0.5) is 10.5 Å². The number of amides is 2. The number of hydrogen-bond acceptors (Lipinski definition) is 4. The van der Waals surface area contributed by atoms with Crippen LogP contribution >= 0.6 is 11.6 Å². The number of likely N-dealkylation sites (tertiary alicyclic amines) is 1. The number of carbonyl (C=O) groups is 2. The lowest BCUT2D eigenvalue weighted by Crippen LogP contribution is -2.42. The van der Waals surface area contributed by atoms with Gasteiger partial charge in [-0.3, -0.25) is 9.59 Å². The van der Waals surface area contributed by atoms with E-state index in [4.69, 9.17) is 16.3 Å². The fraction of sp³-hybridized carbons (Fsp3) is 0.458. The first-order chi connectivity index (χ1) is 15.1. The summed E-state index contributed by atoms with van der Waals surface area (Å²) in [5.41, 5.74) is 0.706. The Morgan fingerprint density at radius 3 is 2.47 bits per heavy atom. The number of carbonyl (C=O) groups excluding carboxylic acids is 2. The molecule has 0 saturated carbocycles. The van der Waals surface area contributed by atoms with Crippen LogP contribution in [0.3, 0.4) is 0 Å². The van der Waals surface area contributed by atoms with Gasteiger partial charge in [0, 0.05) is 36.8 Å². The minimum absolute atomic E-state index is 0.108. The van der Waals surface area contributed by atoms with Crippen molar-refractivity contribution < 1.29 is 14.3 Å². The third kappa shape index (κ3) is 6.85. The molecule has 1 saturated heterocycles. The largest absolute Gasteiger partial charge is 0.444 e. The van der Waals surface area contributed by atoms with Crippen LogP contribution in [-0.4, -0.2) is 40.2 Å². The summed E-state index contributed by atoms with van der Waals surface area (Å²) in [5, 5.41) is 3.47. The minimum Gasteiger partial charge on any atom is -0.444 e. The van der Waals surface area contributed by atoms with Crippen molar-refractivity contribution in [1.82, 2.24) is 9.47 Å². The first kappa shape index (κ1) is 23.9. The summed E-state index contributed by atoms with van der Waals surface area (Å²) in [6.45, 7) is 7.02. The Balaban J connectivity index is 1.53. The number of piperidine rings is 1. The van der Waals surface area contributed by atoms with Gasteiger partial charge in [0.1, 0.15) is 5.60 Å². The van der Waals surface area contributed by atoms with E-state index < -0.39 is 5.60 Å². The van der Waals surface area contributed by atoms with Crippen LogP contribution in [0.2, 0.25) is 5.02 Å². The quantitative estimate of drug-likeness (QED) is 0.712. The lowest BCUT2D eigenvalue weighted by Gasteiger charge is -2.33. The maximum Gasteiger partial charge on any atom is 0.410 e. The van der Waals surface area contributed by atoms with Crippen molar-refractivity contribution in [2.45, 2.75) is 52.2 Å². The Morgan fingerprint density at radius 1 is 1.12 bits per heavy atom. The molecular weight excluding hydrogens is 430 g/mol. The molecule has 8 heteroatoms. The fourth-order valence-corrected chi connectivity index (χ4v) is 3.85. The van der Waals surface area contributed by atoms with Crippen LogP contribution in [0.5, 0.6) is 0 Å². The Bertz CT molecular complexity index is 1020. The van der Waals surface area contributed by atoms with Gasteiger partial charge in [-0.25, -0.2) is 4.79 Å². The van der Waals surface area contributed by atoms with E-state index in [1.54, 1.807) is 23.2 Å². The van der Waals surface area contributed by atoms with Crippen molar-refractivity contribution in [2.24, 2.45) is 5.92 Å². The molecule has 172 valence electrons. The van der Waals surface area contributed by atoms with Gasteiger partial charge < -0.3 is 19.5 Å². The topological polar surface area (TPSA) is 80.6 Å². The van der Waals surface area contributed by atoms with Gasteiger partial charge in [0.25, 0.3) is 5.56 Å². The van der Waals surface area contributed by atoms with E-state index in [9.17, 15) is 14.4 Å². The monoisotopic (exact) mass is 459 g/mol. The van der Waals surface area contributed by atoms with Gasteiger partial charge in [0.15, 0.2) is 0 Å². The summed E-state index contributed by atoms with van der Waals surface area (Å²) in [7, 11) is 0. The van der Waals surface area contributed by atoms with E-state index >= 15 is 0 Å². The van der Waals surface area contributed by atoms with Crippen molar-refractivity contribution in [1.29, 1.82) is 0 Å². The van der Waals surface area contributed by atoms with E-state index in [2.05, 4.69) is 5.32 Å². The molecule has 0 bridgehead atoms. The van der Waals surface area contributed by atoms with Crippen LogP contribution in [0.25, 0.3) is 0 Å². The van der Waals surface area contributed by atoms with Gasteiger partial charge in [-0.2, -0.15) is 0 Å². The highest BCUT2D eigenvalue weighted by Gasteiger charge is 2.27. The highest BCUT2D eigenvalue weighted by atomic mass is 35.5. The third-order valence-electron chi connectivity index (χ3n) is 5.31. The second-order valence-electron chi connectivity index (χ2n) is 9.14. The van der Waals surface area contributed by atoms with Gasteiger partial charge in [0.05, 0.1) is 12.2 Å². The number of aromatic nitrogens is 1. The number of pyridine rings is 1. The van der Waals surface area contributed by atoms with Crippen molar-refractivity contribution in [3.63, 3.8) is 0 Å². The maximum absolute atomic E-state index is 12.6. The van der Waals surface area contributed by atoms with Crippen LogP contribution < -0.4 is 10.9 Å². The van der Waals surface area contributed by atoms with Gasteiger partial charge >= 0.3 is 6.09 Å². The normalized spacial score (nSPS) is 14.8. The molecule has 3 rings (SSSR count). The van der Waals surface area contributed by atoms with Crippen molar-refractivity contribution in [3.05, 3.63) is 63.5 Å². The molecule has 0 unspecified atom stereocenters. The molecule has 2 amide bonds. The molecule has 0 aliphatic carbocycles. The van der Waals surface area contributed by atoms with Gasteiger partial charge in [0.2, 0.25) is 5.91 Å². The Labute approximate surface area is 193 Å². The Hall–Kier alpha value is -2.80. The molecular formula is C24H30ClN3O4. The second kappa shape index (κ2) is 10.2. The average Bonchev–Trinajstić information content (AvgIpc) is 2.71. The molecule has 1 aromatic carbocycles. The Kier molecular flexibility index (Phi) is 7.61. The summed E-state index contributed by atoms with van der Waals surface area (Å²) >= 11 is 6.20. The molecule has 1 aliphatic heterocycles. The number of benzene rings is 1. The predicted molar refractivity (Wildman–Crippen MR) is 125 cm³/mol. The van der Waals surface area contributed by atoms with E-state index in [1.807, 2.05) is 39.0 Å². The highest BCUT2D eigenvalue weighted by molar-refractivity contribution is 6.31. The molecule has 1 aromatic heterocycles. The number of anilines is 1. The van der Waals surface area contributed by atoms with Crippen LogP contribution in [0.1, 0.15) is 45.6 Å². The van der Waals surface area contributed by atoms with Crippen molar-refractivity contribution in [3.8, 4) is 0 Å². The van der Waals surface area contributed by atoms with E-state index in [1.165, 1.54) is 10.6 Å². The second-order valence-corrected chi connectivity index (χ2v) is 9.55. The van der Waals surface area contributed by atoms with E-state index in [0.29, 0.717) is 36.8 Å². The van der Waals surface area contributed by atoms with Crippen molar-refractivity contribution in [2.75, 3.05) is 18.4 Å². The third-order valence-corrected chi connectivity index (χ3v) is 5.67. The smallest absolute Gasteiger partial charge is 0.410 e. The van der Waals surface area contributed by atoms with E-state index in [0.717, 1.165) is 18.4 Å². The maximum atomic E-state index is 12.6. The summed E-state index contributed by atoms with van der Waals surface area (Å²) in [5.74, 6) is 0.0892. The molecule has 0 spiro atoms. The zero-order valence-electron chi connectivity index (χ0n) is 18.8. The van der Waals surface area contributed by atoms with E-state index in [-0.39, 0.29) is 23.5 Å². The number of halogens is 1. The summed E-state index contributed by atoms with van der Waals surface area (Å²) in [6.07, 6.45) is 3.19. The molecule has 0 radical (unpaired) electrons.